The van der Waals surface area contributed by atoms with Crippen LogP contribution in [-0.2, 0) is 11.2 Å². The lowest BCUT2D eigenvalue weighted by atomic mass is 9.84. The summed E-state index contributed by atoms with van der Waals surface area (Å²) < 4.78 is 0. The van der Waals surface area contributed by atoms with E-state index in [2.05, 4.69) is 37.1 Å². The summed E-state index contributed by atoms with van der Waals surface area (Å²) in [5, 5.41) is 9.24. The van der Waals surface area contributed by atoms with E-state index < -0.39 is 11.4 Å². The van der Waals surface area contributed by atoms with Crippen molar-refractivity contribution in [2.75, 3.05) is 11.9 Å². The molecular formula is C15H21NO2. The first-order valence-corrected chi connectivity index (χ1v) is 6.37. The average Bonchev–Trinajstić information content (AvgIpc) is 2.58. The Morgan fingerprint density at radius 3 is 2.72 bits per heavy atom. The summed E-state index contributed by atoms with van der Waals surface area (Å²) in [6.07, 6.45) is 1.63. The topological polar surface area (TPSA) is 40.5 Å². The summed E-state index contributed by atoms with van der Waals surface area (Å²) in [4.78, 5) is 13.5. The Morgan fingerprint density at radius 1 is 1.50 bits per heavy atom. The predicted octanol–water partition coefficient (Wildman–Crippen LogP) is 2.86. The van der Waals surface area contributed by atoms with Gasteiger partial charge in [0.1, 0.15) is 0 Å². The van der Waals surface area contributed by atoms with Gasteiger partial charge in [-0.15, -0.1) is 0 Å². The van der Waals surface area contributed by atoms with Crippen LogP contribution < -0.4 is 4.90 Å². The summed E-state index contributed by atoms with van der Waals surface area (Å²) in [7, 11) is 2.06. The van der Waals surface area contributed by atoms with Gasteiger partial charge in [0.05, 0.1) is 5.41 Å². The Kier molecular flexibility index (Phi) is 3.09. The van der Waals surface area contributed by atoms with Crippen molar-refractivity contribution < 1.29 is 9.90 Å². The van der Waals surface area contributed by atoms with Crippen molar-refractivity contribution in [3.05, 3.63) is 29.3 Å². The number of carbonyl (C=O) groups is 1. The van der Waals surface area contributed by atoms with E-state index in [4.69, 9.17) is 0 Å². The highest BCUT2D eigenvalue weighted by molar-refractivity contribution is 5.74. The van der Waals surface area contributed by atoms with Gasteiger partial charge in [0.15, 0.2) is 0 Å². The van der Waals surface area contributed by atoms with E-state index in [1.807, 2.05) is 0 Å². The number of carboxylic acid groups (broad SMARTS) is 1. The fraction of sp³-hybridized carbons (Fsp3) is 0.533. The highest BCUT2D eigenvalue weighted by Gasteiger charge is 2.36. The van der Waals surface area contributed by atoms with E-state index in [0.29, 0.717) is 6.42 Å². The molecule has 1 heterocycles. The molecule has 1 aromatic rings. The summed E-state index contributed by atoms with van der Waals surface area (Å²) >= 11 is 0. The Hall–Kier alpha value is -1.51. The SMILES string of the molecule is Cc1cccc2c1CC(CC(C)(C)C(=O)O)N2C. The lowest BCUT2D eigenvalue weighted by Crippen LogP contribution is -2.36. The fourth-order valence-electron chi connectivity index (χ4n) is 2.74. The number of fused-ring (bicyclic) bond motifs is 1. The number of aliphatic carboxylic acids is 1. The van der Waals surface area contributed by atoms with Crippen molar-refractivity contribution in [2.24, 2.45) is 5.41 Å². The first kappa shape index (κ1) is 12.9. The van der Waals surface area contributed by atoms with Gasteiger partial charge >= 0.3 is 5.97 Å². The molecule has 1 unspecified atom stereocenters. The quantitative estimate of drug-likeness (QED) is 0.893. The van der Waals surface area contributed by atoms with Crippen molar-refractivity contribution in [2.45, 2.75) is 39.7 Å². The normalized spacial score (nSPS) is 18.9. The summed E-state index contributed by atoms with van der Waals surface area (Å²) in [5.41, 5.74) is 3.25. The maximum absolute atomic E-state index is 11.2. The standard InChI is InChI=1S/C15H21NO2/c1-10-6-5-7-13-12(10)8-11(16(13)4)9-15(2,3)14(17)18/h5-7,11H,8-9H2,1-4H3,(H,17,18). The van der Waals surface area contributed by atoms with E-state index in [1.165, 1.54) is 16.8 Å². The molecule has 1 atom stereocenters. The molecule has 1 N–H and O–H groups in total. The van der Waals surface area contributed by atoms with Crippen LogP contribution in [0.15, 0.2) is 18.2 Å². The van der Waals surface area contributed by atoms with Gasteiger partial charge in [-0.3, -0.25) is 4.79 Å². The van der Waals surface area contributed by atoms with Crippen molar-refractivity contribution in [3.8, 4) is 0 Å². The van der Waals surface area contributed by atoms with Crippen LogP contribution in [-0.4, -0.2) is 24.2 Å². The molecule has 0 saturated heterocycles. The Bertz CT molecular complexity index is 479. The molecule has 1 aliphatic rings. The Balaban J connectivity index is 2.22. The highest BCUT2D eigenvalue weighted by atomic mass is 16.4. The number of hydrogen-bond acceptors (Lipinski definition) is 2. The van der Waals surface area contributed by atoms with Crippen LogP contribution in [0.1, 0.15) is 31.4 Å². The molecule has 0 fully saturated rings. The molecule has 0 bridgehead atoms. The van der Waals surface area contributed by atoms with Gasteiger partial charge in [0.25, 0.3) is 0 Å². The minimum atomic E-state index is -0.719. The van der Waals surface area contributed by atoms with Gasteiger partial charge in [-0.25, -0.2) is 0 Å². The number of likely N-dealkylation sites (N-methyl/N-ethyl adjacent to an activating group) is 1. The van der Waals surface area contributed by atoms with Crippen LogP contribution in [0.4, 0.5) is 5.69 Å². The molecule has 98 valence electrons. The first-order chi connectivity index (χ1) is 8.33. The van der Waals surface area contributed by atoms with Gasteiger partial charge in [-0.05, 0) is 50.8 Å². The number of benzene rings is 1. The lowest BCUT2D eigenvalue weighted by molar-refractivity contribution is -0.147. The van der Waals surface area contributed by atoms with Crippen molar-refractivity contribution in [1.82, 2.24) is 0 Å². The molecule has 2 rings (SSSR count). The summed E-state index contributed by atoms with van der Waals surface area (Å²) in [6.45, 7) is 5.73. The minimum absolute atomic E-state index is 0.284. The fourth-order valence-corrected chi connectivity index (χ4v) is 2.74. The van der Waals surface area contributed by atoms with Crippen molar-refractivity contribution >= 4 is 11.7 Å². The molecule has 0 saturated carbocycles. The molecule has 1 aromatic carbocycles. The van der Waals surface area contributed by atoms with E-state index in [9.17, 15) is 9.90 Å². The van der Waals surface area contributed by atoms with Crippen LogP contribution in [0.5, 0.6) is 0 Å². The van der Waals surface area contributed by atoms with Crippen LogP contribution in [0.2, 0.25) is 0 Å². The third-order valence-corrected chi connectivity index (χ3v) is 4.08. The summed E-state index contributed by atoms with van der Waals surface area (Å²) in [5.74, 6) is -0.719. The van der Waals surface area contributed by atoms with Crippen molar-refractivity contribution in [3.63, 3.8) is 0 Å². The molecule has 0 radical (unpaired) electrons. The largest absolute Gasteiger partial charge is 0.481 e. The number of anilines is 1. The second-order valence-electron chi connectivity index (χ2n) is 5.93. The third kappa shape index (κ3) is 2.09. The maximum Gasteiger partial charge on any atom is 0.309 e. The number of hydrogen-bond donors (Lipinski definition) is 1. The van der Waals surface area contributed by atoms with Gasteiger partial charge < -0.3 is 10.0 Å². The molecule has 1 aliphatic heterocycles. The second-order valence-corrected chi connectivity index (χ2v) is 5.93. The zero-order chi connectivity index (χ0) is 13.5. The summed E-state index contributed by atoms with van der Waals surface area (Å²) in [6, 6.07) is 6.59. The molecule has 3 heteroatoms. The van der Waals surface area contributed by atoms with Crippen LogP contribution in [0, 0.1) is 12.3 Å². The van der Waals surface area contributed by atoms with E-state index >= 15 is 0 Å². The zero-order valence-corrected chi connectivity index (χ0v) is 11.5. The van der Waals surface area contributed by atoms with Gasteiger partial charge in [-0.2, -0.15) is 0 Å². The zero-order valence-electron chi connectivity index (χ0n) is 11.5. The number of nitrogens with zero attached hydrogens (tertiary/aromatic N) is 1. The van der Waals surface area contributed by atoms with E-state index in [1.54, 1.807) is 13.8 Å². The molecule has 0 aliphatic carbocycles. The van der Waals surface area contributed by atoms with Crippen LogP contribution >= 0.6 is 0 Å². The minimum Gasteiger partial charge on any atom is -0.481 e. The Labute approximate surface area is 108 Å². The molecule has 18 heavy (non-hydrogen) atoms. The second kappa shape index (κ2) is 4.30. The number of aryl methyl sites for hydroxylation is 1. The highest BCUT2D eigenvalue weighted by Crippen LogP contribution is 2.37. The molecule has 3 nitrogen and oxygen atoms in total. The van der Waals surface area contributed by atoms with Gasteiger partial charge in [0, 0.05) is 18.8 Å². The maximum atomic E-state index is 11.2. The van der Waals surface area contributed by atoms with Crippen LogP contribution in [0.3, 0.4) is 0 Å². The lowest BCUT2D eigenvalue weighted by Gasteiger charge is -2.29. The smallest absolute Gasteiger partial charge is 0.309 e. The average molecular weight is 247 g/mol. The molecular weight excluding hydrogens is 226 g/mol. The number of rotatable bonds is 3. The number of carboxylic acids is 1. The molecule has 0 amide bonds. The van der Waals surface area contributed by atoms with Gasteiger partial charge in [0.2, 0.25) is 0 Å². The third-order valence-electron chi connectivity index (χ3n) is 4.08. The first-order valence-electron chi connectivity index (χ1n) is 6.37. The van der Waals surface area contributed by atoms with E-state index in [-0.39, 0.29) is 6.04 Å². The van der Waals surface area contributed by atoms with E-state index in [0.717, 1.165) is 6.42 Å². The van der Waals surface area contributed by atoms with Gasteiger partial charge in [-0.1, -0.05) is 12.1 Å². The van der Waals surface area contributed by atoms with Crippen LogP contribution in [0.25, 0.3) is 0 Å². The Morgan fingerprint density at radius 2 is 2.17 bits per heavy atom. The predicted molar refractivity (Wildman–Crippen MR) is 73.1 cm³/mol. The van der Waals surface area contributed by atoms with Crippen molar-refractivity contribution in [1.29, 1.82) is 0 Å². The molecule has 0 spiro atoms. The monoisotopic (exact) mass is 247 g/mol. The molecule has 0 aromatic heterocycles.